The van der Waals surface area contributed by atoms with Crippen molar-refractivity contribution >= 4 is 51.7 Å². The van der Waals surface area contributed by atoms with E-state index in [0.29, 0.717) is 34.6 Å². The van der Waals surface area contributed by atoms with Crippen LogP contribution in [-0.2, 0) is 42.6 Å². The van der Waals surface area contributed by atoms with Crippen LogP contribution in [0.1, 0.15) is 33.8 Å². The van der Waals surface area contributed by atoms with Crippen LogP contribution in [0.25, 0.3) is 0 Å². The molecule has 0 radical (unpaired) electrons. The van der Waals surface area contributed by atoms with Gasteiger partial charge in [0.2, 0.25) is 0 Å². The molecule has 1 fully saturated rings. The average Bonchev–Trinajstić information content (AvgIpc) is 3.97. The number of carbonyl (C=O) groups excluding carboxylic acids is 3. The molecule has 62 heavy (non-hydrogen) atoms. The highest BCUT2D eigenvalue weighted by molar-refractivity contribution is 8.00. The van der Waals surface area contributed by atoms with Gasteiger partial charge in [-0.05, 0) is 52.1 Å². The van der Waals surface area contributed by atoms with Crippen molar-refractivity contribution in [3.05, 3.63) is 178 Å². The molecule has 0 spiro atoms. The number of nitrogens with one attached hydrogen (secondary N) is 2. The van der Waals surface area contributed by atoms with Gasteiger partial charge in [0.05, 0.1) is 13.7 Å². The van der Waals surface area contributed by atoms with Gasteiger partial charge in [0.1, 0.15) is 47.8 Å². The number of carbonyl (C=O) groups is 3. The molecule has 0 bridgehead atoms. The third-order valence-corrected chi connectivity index (χ3v) is 12.3. The van der Waals surface area contributed by atoms with Gasteiger partial charge in [0.25, 0.3) is 11.8 Å². The number of allylic oxidation sites excluding steroid dienone is 2. The second-order valence-corrected chi connectivity index (χ2v) is 16.0. The van der Waals surface area contributed by atoms with E-state index in [1.807, 2.05) is 54.6 Å². The van der Waals surface area contributed by atoms with Crippen LogP contribution in [0.5, 0.6) is 5.75 Å². The number of aryl methyl sites for hydroxylation is 1. The second-order valence-electron chi connectivity index (χ2n) is 14.1. The molecule has 4 heterocycles. The standard InChI is InChI=1S/C45H41N9O6S2/c1-29-49-52-53(50-29)25-13-14-31-27-61-42-38(41(56)54(42)39(31)43(57)60-26-30-21-23-35(58-2)24-22-30)47-40(55)37(51-59-3)36-28-62-44(46-36)48-45(32-15-7-4-8-16-32,33-17-9-5-10-18-33)34-19-11-6-12-20-34/h4-24,28,38,42H,25-27H2,1-3H3,(H,46,48)(H,47,55)/b14-13-,51-37?/t38?,42-/m1/s1. The van der Waals surface area contributed by atoms with Gasteiger partial charge in [-0.2, -0.15) is 4.80 Å². The zero-order chi connectivity index (χ0) is 43.1. The number of aromatic nitrogens is 5. The van der Waals surface area contributed by atoms with Gasteiger partial charge in [0, 0.05) is 11.1 Å². The maximum atomic E-state index is 14.1. The molecular formula is C45H41N9O6S2. The Kier molecular flexibility index (Phi) is 12.5. The fourth-order valence-electron chi connectivity index (χ4n) is 7.28. The Morgan fingerprint density at radius 2 is 1.56 bits per heavy atom. The normalized spacial score (nSPS) is 16.4. The first kappa shape index (κ1) is 41.6. The molecule has 2 atom stereocenters. The van der Waals surface area contributed by atoms with Gasteiger partial charge < -0.3 is 24.9 Å². The van der Waals surface area contributed by atoms with Crippen LogP contribution < -0.4 is 15.4 Å². The number of hydrogen-bond acceptors (Lipinski definition) is 14. The summed E-state index contributed by atoms with van der Waals surface area (Å²) in [6.07, 6.45) is 3.54. The van der Waals surface area contributed by atoms with E-state index < -0.39 is 34.7 Å². The lowest BCUT2D eigenvalue weighted by Crippen LogP contribution is -2.71. The van der Waals surface area contributed by atoms with E-state index in [2.05, 4.69) is 67.6 Å². The van der Waals surface area contributed by atoms with Gasteiger partial charge in [0.15, 0.2) is 16.7 Å². The number of oxime groups is 1. The summed E-state index contributed by atoms with van der Waals surface area (Å²) in [5.74, 6) is -0.294. The Hall–Kier alpha value is -7.11. The third-order valence-electron chi connectivity index (χ3n) is 10.2. The number of fused-ring (bicyclic) bond motifs is 1. The Bertz CT molecular complexity index is 2540. The third kappa shape index (κ3) is 8.57. The van der Waals surface area contributed by atoms with Crippen molar-refractivity contribution in [1.82, 2.24) is 35.4 Å². The number of rotatable bonds is 16. The number of thioether (sulfide) groups is 1. The number of methoxy groups -OCH3 is 1. The monoisotopic (exact) mass is 867 g/mol. The highest BCUT2D eigenvalue weighted by Crippen LogP contribution is 2.42. The van der Waals surface area contributed by atoms with Gasteiger partial charge in [-0.15, -0.1) is 33.3 Å². The number of anilines is 1. The minimum Gasteiger partial charge on any atom is -0.497 e. The number of tetrazole rings is 1. The summed E-state index contributed by atoms with van der Waals surface area (Å²) >= 11 is 2.71. The van der Waals surface area contributed by atoms with E-state index >= 15 is 0 Å². The maximum absolute atomic E-state index is 14.1. The first-order valence-corrected chi connectivity index (χ1v) is 21.4. The molecule has 15 nitrogen and oxygen atoms in total. The van der Waals surface area contributed by atoms with E-state index in [9.17, 15) is 14.4 Å². The minimum atomic E-state index is -0.982. The summed E-state index contributed by atoms with van der Waals surface area (Å²) in [7, 11) is 2.91. The van der Waals surface area contributed by atoms with Crippen molar-refractivity contribution in [2.24, 2.45) is 5.16 Å². The Morgan fingerprint density at radius 3 is 2.15 bits per heavy atom. The van der Waals surface area contributed by atoms with E-state index in [1.165, 1.54) is 39.9 Å². The first-order valence-electron chi connectivity index (χ1n) is 19.5. The average molecular weight is 868 g/mol. The predicted molar refractivity (Wildman–Crippen MR) is 235 cm³/mol. The van der Waals surface area contributed by atoms with Crippen molar-refractivity contribution in [1.29, 1.82) is 0 Å². The molecule has 1 unspecified atom stereocenters. The molecule has 314 valence electrons. The summed E-state index contributed by atoms with van der Waals surface area (Å²) in [6, 6.07) is 36.4. The molecule has 2 N–H and O–H groups in total. The summed E-state index contributed by atoms with van der Waals surface area (Å²) in [5, 5.41) is 24.3. The van der Waals surface area contributed by atoms with Crippen LogP contribution in [0.4, 0.5) is 5.13 Å². The summed E-state index contributed by atoms with van der Waals surface area (Å²) in [6.45, 7) is 2.00. The zero-order valence-electron chi connectivity index (χ0n) is 33.9. The molecular weight excluding hydrogens is 827 g/mol. The summed E-state index contributed by atoms with van der Waals surface area (Å²) in [4.78, 5) is 54.7. The van der Waals surface area contributed by atoms with E-state index in [1.54, 1.807) is 55.8 Å². The van der Waals surface area contributed by atoms with Gasteiger partial charge in [-0.1, -0.05) is 120 Å². The molecule has 2 aliphatic rings. The van der Waals surface area contributed by atoms with Crippen LogP contribution in [-0.4, -0.2) is 85.0 Å². The number of benzene rings is 4. The van der Waals surface area contributed by atoms with Crippen LogP contribution >= 0.6 is 23.1 Å². The van der Waals surface area contributed by atoms with Gasteiger partial charge >= 0.3 is 5.97 Å². The van der Waals surface area contributed by atoms with E-state index in [4.69, 9.17) is 19.3 Å². The SMILES string of the molecule is CON=C(C(=O)NC1C(=O)N2C(C(=O)OCc3ccc(OC)cc3)=C(/C=C\Cn3nnc(C)n3)CS[C@H]12)c1csc(NC(c2ccccc2)(c2ccccc2)c2ccccc2)n1. The molecule has 2 aliphatic heterocycles. The molecule has 6 aromatic rings. The second kappa shape index (κ2) is 18.7. The zero-order valence-corrected chi connectivity index (χ0v) is 35.5. The van der Waals surface area contributed by atoms with Crippen molar-refractivity contribution in [3.8, 4) is 5.75 Å². The number of esters is 1. The number of β-lactam (4-membered cyclic amide) rings is 1. The van der Waals surface area contributed by atoms with Crippen LogP contribution in [0.15, 0.2) is 149 Å². The number of hydrogen-bond donors (Lipinski definition) is 2. The van der Waals surface area contributed by atoms with Crippen molar-refractivity contribution in [3.63, 3.8) is 0 Å². The lowest BCUT2D eigenvalue weighted by atomic mass is 9.77. The fourth-order valence-corrected chi connectivity index (χ4v) is 9.34. The molecule has 2 aromatic heterocycles. The number of amides is 2. The lowest BCUT2D eigenvalue weighted by molar-refractivity contribution is -0.153. The topological polar surface area (TPSA) is 175 Å². The first-order chi connectivity index (χ1) is 30.3. The largest absolute Gasteiger partial charge is 0.497 e. The quantitative estimate of drug-likeness (QED) is 0.0391. The van der Waals surface area contributed by atoms with Gasteiger partial charge in [-0.3, -0.25) is 14.5 Å². The number of nitrogens with zero attached hydrogens (tertiary/aromatic N) is 7. The van der Waals surface area contributed by atoms with Crippen LogP contribution in [0.3, 0.4) is 0 Å². The fraction of sp³-hybridized carbons (Fsp3) is 0.200. The highest BCUT2D eigenvalue weighted by Gasteiger charge is 2.54. The summed E-state index contributed by atoms with van der Waals surface area (Å²) < 4.78 is 11.0. The molecule has 0 aliphatic carbocycles. The Labute approximate surface area is 365 Å². The Morgan fingerprint density at radius 1 is 0.919 bits per heavy atom. The van der Waals surface area contributed by atoms with E-state index in [-0.39, 0.29) is 23.7 Å². The van der Waals surface area contributed by atoms with Crippen LogP contribution in [0.2, 0.25) is 0 Å². The number of thiazole rings is 1. The smallest absolute Gasteiger partial charge is 0.355 e. The van der Waals surface area contributed by atoms with Crippen molar-refractivity contribution < 1.29 is 28.7 Å². The highest BCUT2D eigenvalue weighted by atomic mass is 32.2. The van der Waals surface area contributed by atoms with Crippen LogP contribution in [0, 0.1) is 6.92 Å². The minimum absolute atomic E-state index is 0.0318. The van der Waals surface area contributed by atoms with E-state index in [0.717, 1.165) is 22.3 Å². The number of ether oxygens (including phenoxy) is 2. The summed E-state index contributed by atoms with van der Waals surface area (Å²) in [5.41, 5.74) is 3.61. The lowest BCUT2D eigenvalue weighted by Gasteiger charge is -2.49. The molecule has 17 heteroatoms. The molecule has 4 aromatic carbocycles. The van der Waals surface area contributed by atoms with Gasteiger partial charge in [-0.25, -0.2) is 9.78 Å². The molecule has 1 saturated heterocycles. The van der Waals surface area contributed by atoms with Crippen molar-refractivity contribution in [2.75, 3.05) is 25.3 Å². The van der Waals surface area contributed by atoms with Crippen molar-refractivity contribution in [2.45, 2.75) is 37.0 Å². The maximum Gasteiger partial charge on any atom is 0.355 e. The Balaban J connectivity index is 1.03. The molecule has 8 rings (SSSR count). The molecule has 0 saturated carbocycles. The predicted octanol–water partition coefficient (Wildman–Crippen LogP) is 5.85. The molecule has 2 amide bonds.